The first-order valence-electron chi connectivity index (χ1n) is 15.2. The van der Waals surface area contributed by atoms with Crippen molar-refractivity contribution in [3.63, 3.8) is 0 Å². The zero-order valence-electron chi connectivity index (χ0n) is 25.5. The van der Waals surface area contributed by atoms with Gasteiger partial charge in [0.2, 0.25) is 0 Å². The fourth-order valence-corrected chi connectivity index (χ4v) is 8.09. The predicted molar refractivity (Wildman–Crippen MR) is 166 cm³/mol. The summed E-state index contributed by atoms with van der Waals surface area (Å²) in [7, 11) is 0. The maximum absolute atomic E-state index is 10.9. The summed E-state index contributed by atoms with van der Waals surface area (Å²) in [5.41, 5.74) is 8.00. The molecule has 4 nitrogen and oxygen atoms in total. The SMILES string of the molecule is CCC1CC(C2(c3ccc(O)c(C)c3)CCC(c3ccc(O)c(C)c3)(c3cc(C)c(O)c(C)c3)CC2)CC(C)=C1O. The molecule has 41 heavy (non-hydrogen) atoms. The van der Waals surface area contributed by atoms with E-state index in [4.69, 9.17) is 0 Å². The number of aliphatic hydroxyl groups excluding tert-OH is 1. The van der Waals surface area contributed by atoms with E-state index in [1.165, 1.54) is 16.7 Å². The molecular formula is C37H46O4. The van der Waals surface area contributed by atoms with Crippen LogP contribution in [-0.2, 0) is 10.8 Å². The number of benzene rings is 3. The smallest absolute Gasteiger partial charge is 0.121 e. The standard InChI is InChI=1S/C37H46O4/c1-7-27-21-31(20-26(6)35(27)41)37(29-9-11-33(39)23(3)17-29)14-12-36(13-15-37,28-8-10-32(38)22(2)16-28)30-18-24(4)34(40)25(5)19-30/h8-11,16-19,27,31,38-41H,7,12-15,20-21H2,1-6H3. The van der Waals surface area contributed by atoms with Crippen LogP contribution in [0.2, 0.25) is 0 Å². The summed E-state index contributed by atoms with van der Waals surface area (Å²) in [6, 6.07) is 16.5. The summed E-state index contributed by atoms with van der Waals surface area (Å²) in [5, 5.41) is 42.3. The molecule has 4 N–H and O–H groups in total. The quantitative estimate of drug-likeness (QED) is 0.254. The Bertz CT molecular complexity index is 1470. The van der Waals surface area contributed by atoms with E-state index in [1.54, 1.807) is 0 Å². The molecule has 3 aromatic carbocycles. The van der Waals surface area contributed by atoms with Crippen LogP contribution in [0.5, 0.6) is 17.2 Å². The Morgan fingerprint density at radius 1 is 0.659 bits per heavy atom. The van der Waals surface area contributed by atoms with Crippen molar-refractivity contribution < 1.29 is 20.4 Å². The second kappa shape index (κ2) is 10.8. The van der Waals surface area contributed by atoms with Crippen molar-refractivity contribution in [2.45, 2.75) is 97.3 Å². The molecule has 0 bridgehead atoms. The van der Waals surface area contributed by atoms with Gasteiger partial charge in [-0.3, -0.25) is 0 Å². The molecule has 0 saturated heterocycles. The van der Waals surface area contributed by atoms with Crippen LogP contribution in [0, 0.1) is 39.5 Å². The van der Waals surface area contributed by atoms with Gasteiger partial charge in [-0.05, 0) is 148 Å². The van der Waals surface area contributed by atoms with Gasteiger partial charge >= 0.3 is 0 Å². The van der Waals surface area contributed by atoms with Crippen molar-refractivity contribution in [1.29, 1.82) is 0 Å². The number of aryl methyl sites for hydroxylation is 4. The first-order chi connectivity index (χ1) is 19.4. The highest BCUT2D eigenvalue weighted by Gasteiger charge is 2.50. The van der Waals surface area contributed by atoms with Crippen molar-refractivity contribution >= 4 is 0 Å². The van der Waals surface area contributed by atoms with E-state index in [0.29, 0.717) is 28.9 Å². The molecule has 0 aromatic heterocycles. The van der Waals surface area contributed by atoms with Crippen LogP contribution >= 0.6 is 0 Å². The van der Waals surface area contributed by atoms with Gasteiger partial charge in [-0.2, -0.15) is 0 Å². The number of aliphatic hydroxyl groups is 1. The topological polar surface area (TPSA) is 80.9 Å². The monoisotopic (exact) mass is 554 g/mol. The second-order valence-electron chi connectivity index (χ2n) is 13.1. The van der Waals surface area contributed by atoms with E-state index in [2.05, 4.69) is 50.2 Å². The molecule has 0 amide bonds. The minimum atomic E-state index is -0.261. The maximum Gasteiger partial charge on any atom is 0.121 e. The van der Waals surface area contributed by atoms with Crippen LogP contribution in [0.1, 0.15) is 97.7 Å². The lowest BCUT2D eigenvalue weighted by atomic mass is 9.51. The summed E-state index contributed by atoms with van der Waals surface area (Å²) in [4.78, 5) is 0. The van der Waals surface area contributed by atoms with Crippen molar-refractivity contribution in [3.05, 3.63) is 98.8 Å². The highest BCUT2D eigenvalue weighted by Crippen LogP contribution is 2.58. The van der Waals surface area contributed by atoms with Crippen molar-refractivity contribution in [3.8, 4) is 17.2 Å². The molecule has 5 rings (SSSR count). The number of aromatic hydroxyl groups is 3. The van der Waals surface area contributed by atoms with Gasteiger partial charge in [0.15, 0.2) is 0 Å². The number of hydrogen-bond donors (Lipinski definition) is 4. The average molecular weight is 555 g/mol. The Kier molecular flexibility index (Phi) is 7.65. The molecule has 218 valence electrons. The Morgan fingerprint density at radius 2 is 1.17 bits per heavy atom. The van der Waals surface area contributed by atoms with E-state index < -0.39 is 0 Å². The molecule has 0 spiro atoms. The molecule has 3 aromatic rings. The summed E-state index contributed by atoms with van der Waals surface area (Å²) in [5.74, 6) is 2.13. The zero-order valence-corrected chi connectivity index (χ0v) is 25.5. The van der Waals surface area contributed by atoms with Crippen LogP contribution in [0.25, 0.3) is 0 Å². The van der Waals surface area contributed by atoms with E-state index >= 15 is 0 Å². The molecule has 4 heteroatoms. The molecule has 2 unspecified atom stereocenters. The third kappa shape index (κ3) is 4.90. The Hall–Kier alpha value is -3.40. The minimum absolute atomic E-state index is 0.0929. The van der Waals surface area contributed by atoms with E-state index in [1.807, 2.05) is 39.8 Å². The third-order valence-electron chi connectivity index (χ3n) is 10.8. The van der Waals surface area contributed by atoms with Gasteiger partial charge in [0.1, 0.15) is 17.2 Å². The van der Waals surface area contributed by atoms with Crippen molar-refractivity contribution in [2.75, 3.05) is 0 Å². The van der Waals surface area contributed by atoms with Gasteiger partial charge < -0.3 is 20.4 Å². The van der Waals surface area contributed by atoms with Gasteiger partial charge in [-0.15, -0.1) is 0 Å². The first-order valence-corrected chi connectivity index (χ1v) is 15.2. The third-order valence-corrected chi connectivity index (χ3v) is 10.8. The molecule has 2 aliphatic rings. The van der Waals surface area contributed by atoms with Gasteiger partial charge in [0, 0.05) is 11.3 Å². The minimum Gasteiger partial charge on any atom is -0.512 e. The molecule has 0 aliphatic heterocycles. The summed E-state index contributed by atoms with van der Waals surface area (Å²) < 4.78 is 0. The van der Waals surface area contributed by atoms with E-state index in [0.717, 1.165) is 72.8 Å². The van der Waals surface area contributed by atoms with Crippen LogP contribution in [0.4, 0.5) is 0 Å². The van der Waals surface area contributed by atoms with Crippen LogP contribution in [0.15, 0.2) is 59.9 Å². The maximum atomic E-state index is 10.9. The summed E-state index contributed by atoms with van der Waals surface area (Å²) >= 11 is 0. The predicted octanol–water partition coefficient (Wildman–Crippen LogP) is 9.10. The first kappa shape index (κ1) is 29.1. The van der Waals surface area contributed by atoms with Crippen molar-refractivity contribution in [1.82, 2.24) is 0 Å². The van der Waals surface area contributed by atoms with Crippen LogP contribution in [0.3, 0.4) is 0 Å². The Labute approximate surface area is 245 Å². The number of rotatable bonds is 5. The Balaban J connectivity index is 1.66. The number of allylic oxidation sites excluding steroid dienone is 2. The molecule has 1 saturated carbocycles. The lowest BCUT2D eigenvalue weighted by Gasteiger charge is -2.53. The number of hydrogen-bond acceptors (Lipinski definition) is 4. The second-order valence-corrected chi connectivity index (χ2v) is 13.1. The van der Waals surface area contributed by atoms with E-state index in [-0.39, 0.29) is 16.7 Å². The van der Waals surface area contributed by atoms with Gasteiger partial charge in [0.25, 0.3) is 0 Å². The molecule has 0 heterocycles. The number of phenolic OH excluding ortho intramolecular Hbond substituents is 3. The largest absolute Gasteiger partial charge is 0.512 e. The molecule has 0 radical (unpaired) electrons. The van der Waals surface area contributed by atoms with Gasteiger partial charge in [0.05, 0.1) is 5.76 Å². The highest BCUT2D eigenvalue weighted by molar-refractivity contribution is 5.51. The summed E-state index contributed by atoms with van der Waals surface area (Å²) in [6.45, 7) is 12.1. The molecule has 1 fully saturated rings. The zero-order chi connectivity index (χ0) is 29.7. The normalized spacial score (nSPS) is 26.8. The average Bonchev–Trinajstić information content (AvgIpc) is 2.95. The Morgan fingerprint density at radius 3 is 1.71 bits per heavy atom. The van der Waals surface area contributed by atoms with Gasteiger partial charge in [-0.1, -0.05) is 43.3 Å². The van der Waals surface area contributed by atoms with Crippen molar-refractivity contribution in [2.24, 2.45) is 11.8 Å². The molecule has 2 atom stereocenters. The number of phenols is 3. The lowest BCUT2D eigenvalue weighted by Crippen LogP contribution is -2.46. The fourth-order valence-electron chi connectivity index (χ4n) is 8.09. The highest BCUT2D eigenvalue weighted by atomic mass is 16.3. The van der Waals surface area contributed by atoms with Crippen LogP contribution in [-0.4, -0.2) is 20.4 Å². The summed E-state index contributed by atoms with van der Waals surface area (Å²) in [6.07, 6.45) is 6.53. The van der Waals surface area contributed by atoms with E-state index in [9.17, 15) is 20.4 Å². The fraction of sp³-hybridized carbons (Fsp3) is 0.459. The lowest BCUT2D eigenvalue weighted by molar-refractivity contribution is 0.112. The van der Waals surface area contributed by atoms with Gasteiger partial charge in [-0.25, -0.2) is 0 Å². The van der Waals surface area contributed by atoms with Crippen LogP contribution < -0.4 is 0 Å². The molecule has 2 aliphatic carbocycles. The molecular weight excluding hydrogens is 508 g/mol.